The molecule has 6 heteroatoms. The monoisotopic (exact) mass is 283 g/mol. The van der Waals surface area contributed by atoms with Gasteiger partial charge in [-0.15, -0.1) is 0 Å². The Morgan fingerprint density at radius 2 is 2.21 bits per heavy atom. The Bertz CT molecular complexity index is 450. The van der Waals surface area contributed by atoms with Crippen molar-refractivity contribution in [2.45, 2.75) is 12.5 Å². The molecule has 0 saturated heterocycles. The summed E-state index contributed by atoms with van der Waals surface area (Å²) in [5.74, 6) is -0.198. The average molecular weight is 283 g/mol. The van der Waals surface area contributed by atoms with E-state index in [1.807, 2.05) is 6.26 Å². The van der Waals surface area contributed by atoms with Gasteiger partial charge < -0.3 is 15.2 Å². The number of rotatable bonds is 7. The van der Waals surface area contributed by atoms with Crippen molar-refractivity contribution < 1.29 is 19.4 Å². The van der Waals surface area contributed by atoms with Crippen molar-refractivity contribution in [3.63, 3.8) is 0 Å². The lowest BCUT2D eigenvalue weighted by atomic mass is 10.1. The molecule has 0 saturated carbocycles. The van der Waals surface area contributed by atoms with E-state index in [1.54, 1.807) is 36.0 Å². The number of thioether (sulfide) groups is 1. The lowest BCUT2D eigenvalue weighted by molar-refractivity contribution is -0.139. The van der Waals surface area contributed by atoms with Crippen molar-refractivity contribution in [2.75, 3.05) is 19.1 Å². The highest BCUT2D eigenvalue weighted by atomic mass is 32.2. The second kappa shape index (κ2) is 7.68. The van der Waals surface area contributed by atoms with E-state index in [1.165, 1.54) is 7.11 Å². The third-order valence-corrected chi connectivity index (χ3v) is 3.19. The number of carboxylic acids is 1. The number of ether oxygens (including phenoxy) is 1. The van der Waals surface area contributed by atoms with Crippen LogP contribution in [0.3, 0.4) is 0 Å². The summed E-state index contributed by atoms with van der Waals surface area (Å²) in [6.45, 7) is 0. The number of carboxylic acid groups (broad SMARTS) is 1. The molecule has 0 aliphatic heterocycles. The summed E-state index contributed by atoms with van der Waals surface area (Å²) in [7, 11) is 1.51. The smallest absolute Gasteiger partial charge is 0.326 e. The summed E-state index contributed by atoms with van der Waals surface area (Å²) in [4.78, 5) is 23.0. The van der Waals surface area contributed by atoms with E-state index in [2.05, 4.69) is 5.32 Å². The zero-order valence-corrected chi connectivity index (χ0v) is 11.7. The van der Waals surface area contributed by atoms with Crippen molar-refractivity contribution in [1.29, 1.82) is 0 Å². The molecule has 0 spiro atoms. The number of aliphatic carboxylic acids is 1. The van der Waals surface area contributed by atoms with Crippen LogP contribution < -0.4 is 10.1 Å². The van der Waals surface area contributed by atoms with Crippen LogP contribution in [0.25, 0.3) is 0 Å². The molecule has 0 unspecified atom stereocenters. The maximum absolute atomic E-state index is 12.0. The highest BCUT2D eigenvalue weighted by molar-refractivity contribution is 7.98. The Hall–Kier alpha value is -1.69. The molecule has 0 aromatic heterocycles. The van der Waals surface area contributed by atoms with E-state index in [0.29, 0.717) is 23.5 Å². The molecule has 0 bridgehead atoms. The molecule has 1 aromatic rings. The molecule has 2 N–H and O–H groups in total. The summed E-state index contributed by atoms with van der Waals surface area (Å²) in [5.41, 5.74) is 0.384. The molecule has 0 heterocycles. The number of amides is 1. The molecule has 1 amide bonds. The van der Waals surface area contributed by atoms with E-state index in [0.717, 1.165) is 0 Å². The standard InChI is InChI=1S/C13H17NO4S/c1-18-10-5-3-4-9(8-10)12(15)14-11(13(16)17)6-7-19-2/h3-5,8,11H,6-7H2,1-2H3,(H,14,15)(H,16,17)/t11-/m0/s1. The van der Waals surface area contributed by atoms with Gasteiger partial charge in [-0.3, -0.25) is 4.79 Å². The van der Waals surface area contributed by atoms with Crippen LogP contribution in [0.4, 0.5) is 0 Å². The predicted molar refractivity (Wildman–Crippen MR) is 74.9 cm³/mol. The van der Waals surface area contributed by atoms with Crippen LogP contribution in [0.1, 0.15) is 16.8 Å². The number of carbonyl (C=O) groups is 2. The van der Waals surface area contributed by atoms with E-state index in [-0.39, 0.29) is 0 Å². The quantitative estimate of drug-likeness (QED) is 0.795. The third-order valence-electron chi connectivity index (χ3n) is 2.55. The first-order valence-corrected chi connectivity index (χ1v) is 7.14. The SMILES string of the molecule is COc1cccc(C(=O)N[C@@H](CCSC)C(=O)O)c1. The van der Waals surface area contributed by atoms with Crippen molar-refractivity contribution in [3.05, 3.63) is 29.8 Å². The van der Waals surface area contributed by atoms with Gasteiger partial charge in [0.15, 0.2) is 0 Å². The molecule has 19 heavy (non-hydrogen) atoms. The molecule has 5 nitrogen and oxygen atoms in total. The van der Waals surface area contributed by atoms with Crippen molar-refractivity contribution in [2.24, 2.45) is 0 Å². The van der Waals surface area contributed by atoms with Crippen LogP contribution >= 0.6 is 11.8 Å². The number of methoxy groups -OCH3 is 1. The molecule has 0 fully saturated rings. The first-order valence-electron chi connectivity index (χ1n) is 5.75. The molecule has 1 rings (SSSR count). The van der Waals surface area contributed by atoms with Gasteiger partial charge in [-0.25, -0.2) is 4.79 Å². The van der Waals surface area contributed by atoms with E-state index >= 15 is 0 Å². The lowest BCUT2D eigenvalue weighted by Gasteiger charge is -2.14. The highest BCUT2D eigenvalue weighted by Crippen LogP contribution is 2.13. The van der Waals surface area contributed by atoms with Crippen LogP contribution in [0.15, 0.2) is 24.3 Å². The van der Waals surface area contributed by atoms with Crippen molar-refractivity contribution in [3.8, 4) is 5.75 Å². The summed E-state index contributed by atoms with van der Waals surface area (Å²) in [6, 6.07) is 5.73. The van der Waals surface area contributed by atoms with Crippen LogP contribution in [-0.4, -0.2) is 42.1 Å². The molecular weight excluding hydrogens is 266 g/mol. The van der Waals surface area contributed by atoms with Crippen molar-refractivity contribution in [1.82, 2.24) is 5.32 Å². The van der Waals surface area contributed by atoms with Gasteiger partial charge >= 0.3 is 5.97 Å². The topological polar surface area (TPSA) is 75.6 Å². The summed E-state index contributed by atoms with van der Waals surface area (Å²) in [5, 5.41) is 11.6. The molecule has 1 atom stereocenters. The number of hydrogen-bond donors (Lipinski definition) is 2. The first-order chi connectivity index (χ1) is 9.08. The van der Waals surface area contributed by atoms with Gasteiger partial charge in [0.1, 0.15) is 11.8 Å². The second-order valence-electron chi connectivity index (χ2n) is 3.88. The van der Waals surface area contributed by atoms with Gasteiger partial charge in [0.25, 0.3) is 5.91 Å². The van der Waals surface area contributed by atoms with Gasteiger partial charge in [0.2, 0.25) is 0 Å². The first kappa shape index (κ1) is 15.4. The fourth-order valence-electron chi connectivity index (χ4n) is 1.50. The molecule has 104 valence electrons. The minimum Gasteiger partial charge on any atom is -0.497 e. The maximum atomic E-state index is 12.0. The van der Waals surface area contributed by atoms with Crippen LogP contribution in [-0.2, 0) is 4.79 Å². The Balaban J connectivity index is 2.72. The van der Waals surface area contributed by atoms with E-state index < -0.39 is 17.9 Å². The molecule has 0 aliphatic carbocycles. The number of carbonyl (C=O) groups excluding carboxylic acids is 1. The number of benzene rings is 1. The minimum absolute atomic E-state index is 0.384. The predicted octanol–water partition coefficient (Wildman–Crippen LogP) is 1.63. The van der Waals surface area contributed by atoms with Gasteiger partial charge in [0.05, 0.1) is 7.11 Å². The summed E-state index contributed by atoms with van der Waals surface area (Å²) >= 11 is 1.54. The molecule has 1 aromatic carbocycles. The Morgan fingerprint density at radius 3 is 2.79 bits per heavy atom. The van der Waals surface area contributed by atoms with Crippen LogP contribution in [0, 0.1) is 0 Å². The summed E-state index contributed by atoms with van der Waals surface area (Å²) in [6.07, 6.45) is 2.29. The molecule has 0 radical (unpaired) electrons. The lowest BCUT2D eigenvalue weighted by Crippen LogP contribution is -2.41. The highest BCUT2D eigenvalue weighted by Gasteiger charge is 2.20. The third kappa shape index (κ3) is 4.82. The second-order valence-corrected chi connectivity index (χ2v) is 4.86. The van der Waals surface area contributed by atoms with Crippen molar-refractivity contribution >= 4 is 23.6 Å². The van der Waals surface area contributed by atoms with E-state index in [4.69, 9.17) is 9.84 Å². The average Bonchev–Trinajstić information content (AvgIpc) is 2.42. The maximum Gasteiger partial charge on any atom is 0.326 e. The van der Waals surface area contributed by atoms with Crippen LogP contribution in [0.5, 0.6) is 5.75 Å². The minimum atomic E-state index is -1.02. The normalized spacial score (nSPS) is 11.7. The fourth-order valence-corrected chi connectivity index (χ4v) is 1.97. The molecular formula is C13H17NO4S. The van der Waals surface area contributed by atoms with Gasteiger partial charge in [-0.2, -0.15) is 11.8 Å². The Morgan fingerprint density at radius 1 is 1.47 bits per heavy atom. The number of hydrogen-bond acceptors (Lipinski definition) is 4. The van der Waals surface area contributed by atoms with Gasteiger partial charge in [-0.1, -0.05) is 6.07 Å². The van der Waals surface area contributed by atoms with Crippen LogP contribution in [0.2, 0.25) is 0 Å². The van der Waals surface area contributed by atoms with E-state index in [9.17, 15) is 9.59 Å². The van der Waals surface area contributed by atoms with Gasteiger partial charge in [-0.05, 0) is 36.6 Å². The Labute approximate surface area is 116 Å². The Kier molecular flexibility index (Phi) is 6.21. The largest absolute Gasteiger partial charge is 0.497 e. The van der Waals surface area contributed by atoms with Gasteiger partial charge in [0, 0.05) is 5.56 Å². The zero-order valence-electron chi connectivity index (χ0n) is 10.9. The summed E-state index contributed by atoms with van der Waals surface area (Å²) < 4.78 is 5.02. The zero-order chi connectivity index (χ0) is 14.3. The fraction of sp³-hybridized carbons (Fsp3) is 0.385. The number of nitrogens with one attached hydrogen (secondary N) is 1. The molecule has 0 aliphatic rings.